The van der Waals surface area contributed by atoms with Crippen molar-refractivity contribution in [3.8, 4) is 0 Å². The van der Waals surface area contributed by atoms with Crippen LogP contribution in [0.5, 0.6) is 0 Å². The first kappa shape index (κ1) is 16.5. The lowest BCUT2D eigenvalue weighted by atomic mass is 9.94. The molecule has 1 fully saturated rings. The van der Waals surface area contributed by atoms with Crippen LogP contribution < -0.4 is 0 Å². The van der Waals surface area contributed by atoms with Gasteiger partial charge in [0, 0.05) is 31.6 Å². The van der Waals surface area contributed by atoms with Crippen LogP contribution in [0, 0.1) is 0 Å². The molecular formula is C16H23N3O3S. The molecule has 0 radical (unpaired) electrons. The second-order valence-corrected chi connectivity index (χ2v) is 9.15. The molecule has 1 aliphatic heterocycles. The third-order valence-electron chi connectivity index (χ3n) is 4.71. The molecule has 0 spiro atoms. The van der Waals surface area contributed by atoms with Crippen LogP contribution in [0.4, 0.5) is 0 Å². The van der Waals surface area contributed by atoms with Crippen LogP contribution in [0.15, 0.2) is 6.20 Å². The van der Waals surface area contributed by atoms with Gasteiger partial charge in [-0.3, -0.25) is 4.79 Å². The number of hydrogen-bond donors (Lipinski definition) is 0. The Morgan fingerprint density at radius 1 is 1.26 bits per heavy atom. The summed E-state index contributed by atoms with van der Waals surface area (Å²) in [6, 6.07) is 0. The molecule has 0 aromatic carbocycles. The molecule has 6 nitrogen and oxygen atoms in total. The van der Waals surface area contributed by atoms with E-state index in [9.17, 15) is 13.2 Å². The number of nitrogens with zero attached hydrogens (tertiary/aromatic N) is 3. The second-order valence-electron chi connectivity index (χ2n) is 6.66. The standard InChI is InChI=1S/C16H23N3O3S/c1-11(2)23(21,22)19-8-4-5-12(10-19)16-17-9-13-14(18-16)6-3-7-15(13)20/h9,11-12H,3-8,10H2,1-2H3. The van der Waals surface area contributed by atoms with E-state index in [0.29, 0.717) is 30.9 Å². The van der Waals surface area contributed by atoms with E-state index in [0.717, 1.165) is 31.4 Å². The summed E-state index contributed by atoms with van der Waals surface area (Å²) >= 11 is 0. The maximum Gasteiger partial charge on any atom is 0.216 e. The zero-order valence-electron chi connectivity index (χ0n) is 13.7. The van der Waals surface area contributed by atoms with Crippen molar-refractivity contribution >= 4 is 15.8 Å². The van der Waals surface area contributed by atoms with Gasteiger partial charge in [0.05, 0.1) is 16.5 Å². The zero-order chi connectivity index (χ0) is 16.6. The molecule has 1 unspecified atom stereocenters. The molecule has 0 N–H and O–H groups in total. The van der Waals surface area contributed by atoms with Gasteiger partial charge in [-0.1, -0.05) is 0 Å². The molecule has 1 aromatic rings. The third-order valence-corrected chi connectivity index (χ3v) is 6.95. The van der Waals surface area contributed by atoms with Crippen LogP contribution in [0.3, 0.4) is 0 Å². The maximum absolute atomic E-state index is 12.4. The van der Waals surface area contributed by atoms with E-state index in [1.807, 2.05) is 0 Å². The number of carbonyl (C=O) groups is 1. The van der Waals surface area contributed by atoms with Gasteiger partial charge in [0.25, 0.3) is 0 Å². The molecule has 23 heavy (non-hydrogen) atoms. The Balaban J connectivity index is 1.83. The van der Waals surface area contributed by atoms with Crippen molar-refractivity contribution in [3.63, 3.8) is 0 Å². The summed E-state index contributed by atoms with van der Waals surface area (Å²) in [6.45, 7) is 4.42. The Morgan fingerprint density at radius 2 is 2.04 bits per heavy atom. The largest absolute Gasteiger partial charge is 0.294 e. The highest BCUT2D eigenvalue weighted by atomic mass is 32.2. The monoisotopic (exact) mass is 337 g/mol. The highest BCUT2D eigenvalue weighted by Gasteiger charge is 2.33. The fourth-order valence-corrected chi connectivity index (χ4v) is 4.65. The molecule has 0 saturated carbocycles. The van der Waals surface area contributed by atoms with E-state index in [1.165, 1.54) is 0 Å². The van der Waals surface area contributed by atoms with E-state index in [2.05, 4.69) is 9.97 Å². The lowest BCUT2D eigenvalue weighted by Gasteiger charge is -2.32. The van der Waals surface area contributed by atoms with Gasteiger partial charge in [-0.25, -0.2) is 22.7 Å². The molecule has 1 aromatic heterocycles. The van der Waals surface area contributed by atoms with E-state index >= 15 is 0 Å². The van der Waals surface area contributed by atoms with E-state index < -0.39 is 15.3 Å². The second kappa shape index (κ2) is 6.28. The lowest BCUT2D eigenvalue weighted by molar-refractivity contribution is 0.0971. The van der Waals surface area contributed by atoms with E-state index in [-0.39, 0.29) is 11.7 Å². The number of aryl methyl sites for hydroxylation is 1. The summed E-state index contributed by atoms with van der Waals surface area (Å²) in [5, 5.41) is -0.414. The Kier molecular flexibility index (Phi) is 4.51. The highest BCUT2D eigenvalue weighted by molar-refractivity contribution is 7.89. The molecule has 1 aliphatic carbocycles. The Labute approximate surface area is 137 Å². The van der Waals surface area contributed by atoms with Gasteiger partial charge in [-0.2, -0.15) is 0 Å². The summed E-state index contributed by atoms with van der Waals surface area (Å²) < 4.78 is 26.3. The number of Topliss-reactive ketones (excluding diaryl/α,β-unsaturated/α-hetero) is 1. The minimum absolute atomic E-state index is 0.0135. The fourth-order valence-electron chi connectivity index (χ4n) is 3.29. The first-order valence-electron chi connectivity index (χ1n) is 8.27. The van der Waals surface area contributed by atoms with Crippen LogP contribution in [0.1, 0.15) is 67.3 Å². The average Bonchev–Trinajstić information content (AvgIpc) is 2.55. The van der Waals surface area contributed by atoms with Crippen molar-refractivity contribution in [2.45, 2.75) is 57.1 Å². The minimum Gasteiger partial charge on any atom is -0.294 e. The number of hydrogen-bond acceptors (Lipinski definition) is 5. The number of piperidine rings is 1. The molecular weight excluding hydrogens is 314 g/mol. The maximum atomic E-state index is 12.4. The van der Waals surface area contributed by atoms with Crippen molar-refractivity contribution in [2.75, 3.05) is 13.1 Å². The minimum atomic E-state index is -3.24. The summed E-state index contributed by atoms with van der Waals surface area (Å²) in [5.74, 6) is 0.812. The van der Waals surface area contributed by atoms with Gasteiger partial charge in [0.1, 0.15) is 5.82 Å². The normalized spacial score (nSPS) is 23.1. The SMILES string of the molecule is CC(C)S(=O)(=O)N1CCCC(c2ncc3c(n2)CCCC3=O)C1. The number of aromatic nitrogens is 2. The predicted octanol–water partition coefficient (Wildman–Crippen LogP) is 1.91. The lowest BCUT2D eigenvalue weighted by Crippen LogP contribution is -2.42. The summed E-state index contributed by atoms with van der Waals surface area (Å²) in [7, 11) is -3.24. The fraction of sp³-hybridized carbons (Fsp3) is 0.688. The van der Waals surface area contributed by atoms with Crippen LogP contribution >= 0.6 is 0 Å². The van der Waals surface area contributed by atoms with Crippen LogP contribution in [-0.2, 0) is 16.4 Å². The Hall–Kier alpha value is -1.34. The third kappa shape index (κ3) is 3.17. The van der Waals surface area contributed by atoms with Gasteiger partial charge in [0.15, 0.2) is 5.78 Å². The number of rotatable bonds is 3. The summed E-state index contributed by atoms with van der Waals surface area (Å²) in [4.78, 5) is 20.8. The van der Waals surface area contributed by atoms with Gasteiger partial charge in [-0.15, -0.1) is 0 Å². The highest BCUT2D eigenvalue weighted by Crippen LogP contribution is 2.29. The van der Waals surface area contributed by atoms with Gasteiger partial charge in [-0.05, 0) is 39.5 Å². The topological polar surface area (TPSA) is 80.2 Å². The molecule has 2 aliphatic rings. The number of fused-ring (bicyclic) bond motifs is 1. The molecule has 1 saturated heterocycles. The van der Waals surface area contributed by atoms with Crippen molar-refractivity contribution in [3.05, 3.63) is 23.3 Å². The molecule has 126 valence electrons. The van der Waals surface area contributed by atoms with Crippen LogP contribution in [0.25, 0.3) is 0 Å². The Morgan fingerprint density at radius 3 is 2.78 bits per heavy atom. The zero-order valence-corrected chi connectivity index (χ0v) is 14.5. The van der Waals surface area contributed by atoms with Crippen LogP contribution in [-0.4, -0.2) is 46.8 Å². The van der Waals surface area contributed by atoms with E-state index in [1.54, 1.807) is 24.3 Å². The van der Waals surface area contributed by atoms with Crippen LogP contribution in [0.2, 0.25) is 0 Å². The molecule has 2 heterocycles. The number of sulfonamides is 1. The predicted molar refractivity (Wildman–Crippen MR) is 86.9 cm³/mol. The summed E-state index contributed by atoms with van der Waals surface area (Å²) in [6.07, 6.45) is 5.54. The summed E-state index contributed by atoms with van der Waals surface area (Å²) in [5.41, 5.74) is 1.47. The first-order chi connectivity index (χ1) is 10.9. The average molecular weight is 337 g/mol. The first-order valence-corrected chi connectivity index (χ1v) is 9.78. The van der Waals surface area contributed by atoms with Crippen molar-refractivity contribution in [2.24, 2.45) is 0 Å². The molecule has 1 atom stereocenters. The molecule has 7 heteroatoms. The number of carbonyl (C=O) groups excluding carboxylic acids is 1. The smallest absolute Gasteiger partial charge is 0.216 e. The Bertz CT molecular complexity index is 715. The van der Waals surface area contributed by atoms with Gasteiger partial charge < -0.3 is 0 Å². The van der Waals surface area contributed by atoms with E-state index in [4.69, 9.17) is 0 Å². The van der Waals surface area contributed by atoms with Gasteiger partial charge in [0.2, 0.25) is 10.0 Å². The van der Waals surface area contributed by atoms with Gasteiger partial charge >= 0.3 is 0 Å². The molecule has 0 amide bonds. The van der Waals surface area contributed by atoms with Crippen molar-refractivity contribution < 1.29 is 13.2 Å². The van der Waals surface area contributed by atoms with Crippen molar-refractivity contribution in [1.82, 2.24) is 14.3 Å². The quantitative estimate of drug-likeness (QED) is 0.842. The number of ketones is 1. The molecule has 0 bridgehead atoms. The molecule has 3 rings (SSSR count). The van der Waals surface area contributed by atoms with Crippen molar-refractivity contribution in [1.29, 1.82) is 0 Å².